The molecule has 2 aromatic rings. The van der Waals surface area contributed by atoms with Crippen molar-refractivity contribution in [3.63, 3.8) is 0 Å². The summed E-state index contributed by atoms with van der Waals surface area (Å²) in [5.41, 5.74) is 5.02. The van der Waals surface area contributed by atoms with Gasteiger partial charge in [-0.2, -0.15) is 0 Å². The van der Waals surface area contributed by atoms with Crippen LogP contribution in [0.3, 0.4) is 0 Å². The summed E-state index contributed by atoms with van der Waals surface area (Å²) in [7, 11) is 1.63. The van der Waals surface area contributed by atoms with E-state index in [-0.39, 0.29) is 25.3 Å². The zero-order valence-electron chi connectivity index (χ0n) is 15.8. The van der Waals surface area contributed by atoms with Gasteiger partial charge in [0.05, 0.1) is 13.7 Å². The molecule has 4 nitrogen and oxygen atoms in total. The van der Waals surface area contributed by atoms with Gasteiger partial charge in [-0.15, -0.1) is 0 Å². The van der Waals surface area contributed by atoms with E-state index in [1.54, 1.807) is 7.11 Å². The molecule has 0 saturated heterocycles. The van der Waals surface area contributed by atoms with Crippen molar-refractivity contribution in [3.8, 4) is 11.5 Å². The van der Waals surface area contributed by atoms with Crippen LogP contribution in [0.4, 0.5) is 0 Å². The highest BCUT2D eigenvalue weighted by molar-refractivity contribution is 5.44. The topological polar surface area (TPSA) is 50.7 Å². The van der Waals surface area contributed by atoms with Crippen LogP contribution in [0, 0.1) is 13.8 Å². The van der Waals surface area contributed by atoms with Crippen LogP contribution in [0.15, 0.2) is 36.4 Å². The second-order valence-corrected chi connectivity index (χ2v) is 6.45. The molecule has 2 atom stereocenters. The standard InChI is InChI=1S/C21H29NO3/c1-14-6-7-15(2)19(12-14)17(4)22-16(3)18-8-9-20(25-11-10-23)21(13-18)24-5/h6-9,12-13,16-17,22-23H,10-11H2,1-5H3. The van der Waals surface area contributed by atoms with Crippen molar-refractivity contribution in [2.24, 2.45) is 0 Å². The number of aryl methyl sites for hydroxylation is 2. The first-order valence-corrected chi connectivity index (χ1v) is 8.71. The second-order valence-electron chi connectivity index (χ2n) is 6.45. The maximum atomic E-state index is 8.91. The number of ether oxygens (including phenoxy) is 2. The average molecular weight is 343 g/mol. The Labute approximate surface area is 150 Å². The van der Waals surface area contributed by atoms with Gasteiger partial charge in [0.1, 0.15) is 6.61 Å². The summed E-state index contributed by atoms with van der Waals surface area (Å²) in [6.07, 6.45) is 0. The van der Waals surface area contributed by atoms with Gasteiger partial charge < -0.3 is 19.9 Å². The minimum atomic E-state index is -0.0176. The van der Waals surface area contributed by atoms with Crippen LogP contribution in [0.25, 0.3) is 0 Å². The Morgan fingerprint density at radius 3 is 2.44 bits per heavy atom. The second kappa shape index (κ2) is 8.88. The maximum Gasteiger partial charge on any atom is 0.161 e. The third-order valence-electron chi connectivity index (χ3n) is 4.44. The quantitative estimate of drug-likeness (QED) is 0.758. The molecular weight excluding hydrogens is 314 g/mol. The summed E-state index contributed by atoms with van der Waals surface area (Å²) in [6, 6.07) is 12.9. The van der Waals surface area contributed by atoms with E-state index in [4.69, 9.17) is 14.6 Å². The van der Waals surface area contributed by atoms with Gasteiger partial charge in [-0.05, 0) is 56.5 Å². The molecule has 2 rings (SSSR count). The highest BCUT2D eigenvalue weighted by Gasteiger charge is 2.15. The Morgan fingerprint density at radius 1 is 1.00 bits per heavy atom. The molecule has 0 saturated carbocycles. The number of benzene rings is 2. The first-order valence-electron chi connectivity index (χ1n) is 8.71. The Morgan fingerprint density at radius 2 is 1.76 bits per heavy atom. The number of aliphatic hydroxyl groups excluding tert-OH is 1. The lowest BCUT2D eigenvalue weighted by Gasteiger charge is -2.23. The van der Waals surface area contributed by atoms with E-state index in [0.717, 1.165) is 5.56 Å². The van der Waals surface area contributed by atoms with E-state index in [9.17, 15) is 0 Å². The molecule has 0 radical (unpaired) electrons. The van der Waals surface area contributed by atoms with Crippen LogP contribution in [-0.2, 0) is 0 Å². The van der Waals surface area contributed by atoms with Gasteiger partial charge >= 0.3 is 0 Å². The van der Waals surface area contributed by atoms with Crippen molar-refractivity contribution < 1.29 is 14.6 Å². The van der Waals surface area contributed by atoms with Gasteiger partial charge in [0.15, 0.2) is 11.5 Å². The fourth-order valence-corrected chi connectivity index (χ4v) is 3.02. The lowest BCUT2D eigenvalue weighted by atomic mass is 9.98. The molecule has 0 amide bonds. The number of aliphatic hydroxyl groups is 1. The van der Waals surface area contributed by atoms with Crippen LogP contribution in [0.1, 0.15) is 48.2 Å². The number of hydrogen-bond donors (Lipinski definition) is 2. The van der Waals surface area contributed by atoms with Crippen LogP contribution in [-0.4, -0.2) is 25.4 Å². The molecule has 0 aliphatic rings. The molecular formula is C21H29NO3. The third kappa shape index (κ3) is 4.97. The summed E-state index contributed by atoms with van der Waals surface area (Å²) >= 11 is 0. The van der Waals surface area contributed by atoms with Crippen molar-refractivity contribution in [1.29, 1.82) is 0 Å². The number of methoxy groups -OCH3 is 1. The zero-order chi connectivity index (χ0) is 18.4. The molecule has 0 aliphatic carbocycles. The van der Waals surface area contributed by atoms with E-state index in [2.05, 4.69) is 51.2 Å². The third-order valence-corrected chi connectivity index (χ3v) is 4.44. The van der Waals surface area contributed by atoms with E-state index in [1.807, 2.05) is 18.2 Å². The number of nitrogens with one attached hydrogen (secondary N) is 1. The van der Waals surface area contributed by atoms with Crippen LogP contribution >= 0.6 is 0 Å². The van der Waals surface area contributed by atoms with Crippen molar-refractivity contribution in [3.05, 3.63) is 58.7 Å². The normalized spacial score (nSPS) is 13.4. The summed E-state index contributed by atoms with van der Waals surface area (Å²) in [6.45, 7) is 8.84. The van der Waals surface area contributed by atoms with Gasteiger partial charge in [0.2, 0.25) is 0 Å². The van der Waals surface area contributed by atoms with Crippen molar-refractivity contribution in [2.75, 3.05) is 20.3 Å². The molecule has 0 spiro atoms. The summed E-state index contributed by atoms with van der Waals surface area (Å²) in [5.74, 6) is 1.33. The van der Waals surface area contributed by atoms with Crippen LogP contribution in [0.5, 0.6) is 11.5 Å². The summed E-state index contributed by atoms with van der Waals surface area (Å²) in [5, 5.41) is 12.6. The maximum absolute atomic E-state index is 8.91. The van der Waals surface area contributed by atoms with E-state index in [1.165, 1.54) is 16.7 Å². The van der Waals surface area contributed by atoms with Crippen LogP contribution < -0.4 is 14.8 Å². The summed E-state index contributed by atoms with van der Waals surface area (Å²) < 4.78 is 10.9. The number of rotatable bonds is 8. The Balaban J connectivity index is 2.14. The predicted molar refractivity (Wildman–Crippen MR) is 101 cm³/mol. The lowest BCUT2D eigenvalue weighted by Crippen LogP contribution is -2.23. The van der Waals surface area contributed by atoms with Crippen LogP contribution in [0.2, 0.25) is 0 Å². The molecule has 136 valence electrons. The summed E-state index contributed by atoms with van der Waals surface area (Å²) in [4.78, 5) is 0. The van der Waals surface area contributed by atoms with Gasteiger partial charge in [0, 0.05) is 12.1 Å². The molecule has 2 aromatic carbocycles. The lowest BCUT2D eigenvalue weighted by molar-refractivity contribution is 0.196. The molecule has 0 fully saturated rings. The molecule has 0 heterocycles. The van der Waals surface area contributed by atoms with Crippen molar-refractivity contribution in [2.45, 2.75) is 39.8 Å². The minimum Gasteiger partial charge on any atom is -0.493 e. The SMILES string of the molecule is COc1cc(C(C)NC(C)c2cc(C)ccc2C)ccc1OCCO. The van der Waals surface area contributed by atoms with E-state index < -0.39 is 0 Å². The predicted octanol–water partition coefficient (Wildman–Crippen LogP) is 4.09. The van der Waals surface area contributed by atoms with Gasteiger partial charge in [-0.1, -0.05) is 29.8 Å². The minimum absolute atomic E-state index is 0.0176. The fraction of sp³-hybridized carbons (Fsp3) is 0.429. The van der Waals surface area contributed by atoms with Gasteiger partial charge in [-0.25, -0.2) is 0 Å². The molecule has 4 heteroatoms. The highest BCUT2D eigenvalue weighted by atomic mass is 16.5. The molecule has 2 unspecified atom stereocenters. The Hall–Kier alpha value is -2.04. The fourth-order valence-electron chi connectivity index (χ4n) is 3.02. The first kappa shape index (κ1) is 19.3. The molecule has 0 bridgehead atoms. The average Bonchev–Trinajstić information content (AvgIpc) is 2.61. The molecule has 2 N–H and O–H groups in total. The molecule has 0 aromatic heterocycles. The van der Waals surface area contributed by atoms with Gasteiger partial charge in [-0.3, -0.25) is 0 Å². The largest absolute Gasteiger partial charge is 0.493 e. The molecule has 0 aliphatic heterocycles. The smallest absolute Gasteiger partial charge is 0.161 e. The van der Waals surface area contributed by atoms with Crippen molar-refractivity contribution in [1.82, 2.24) is 5.32 Å². The Kier molecular flexibility index (Phi) is 6.85. The van der Waals surface area contributed by atoms with Gasteiger partial charge in [0.25, 0.3) is 0 Å². The monoisotopic (exact) mass is 343 g/mol. The van der Waals surface area contributed by atoms with Crippen molar-refractivity contribution >= 4 is 0 Å². The van der Waals surface area contributed by atoms with E-state index >= 15 is 0 Å². The van der Waals surface area contributed by atoms with E-state index in [0.29, 0.717) is 11.5 Å². The zero-order valence-corrected chi connectivity index (χ0v) is 15.8. The first-order chi connectivity index (χ1) is 12.0. The number of hydrogen-bond acceptors (Lipinski definition) is 4. The Bertz CT molecular complexity index is 700. The highest BCUT2D eigenvalue weighted by Crippen LogP contribution is 2.31. The molecule has 25 heavy (non-hydrogen) atoms.